The van der Waals surface area contributed by atoms with Crippen molar-refractivity contribution in [2.75, 3.05) is 0 Å². The van der Waals surface area contributed by atoms with Crippen molar-refractivity contribution in [3.8, 4) is 0 Å². The van der Waals surface area contributed by atoms with E-state index in [0.29, 0.717) is 12.2 Å². The number of unbranched alkanes of at least 4 members (excludes halogenated alkanes) is 1. The van der Waals surface area contributed by atoms with E-state index in [1.54, 1.807) is 0 Å². The number of aliphatic hydroxyl groups is 1. The third-order valence-electron chi connectivity index (χ3n) is 2.31. The predicted octanol–water partition coefficient (Wildman–Crippen LogP) is 1.90. The zero-order valence-electron chi connectivity index (χ0n) is 8.05. The van der Waals surface area contributed by atoms with E-state index in [1.165, 1.54) is 0 Å². The lowest BCUT2D eigenvalue weighted by molar-refractivity contribution is -0.110. The minimum absolute atomic E-state index is 0.144. The van der Waals surface area contributed by atoms with Crippen molar-refractivity contribution in [3.63, 3.8) is 0 Å². The van der Waals surface area contributed by atoms with Crippen molar-refractivity contribution in [1.82, 2.24) is 5.32 Å². The average molecular weight is 183 g/mol. The molecule has 13 heavy (non-hydrogen) atoms. The van der Waals surface area contributed by atoms with Gasteiger partial charge in [-0.05, 0) is 24.8 Å². The monoisotopic (exact) mass is 183 g/mol. The molecule has 2 N–H and O–H groups in total. The summed E-state index contributed by atoms with van der Waals surface area (Å²) >= 11 is 0. The van der Waals surface area contributed by atoms with Crippen LogP contribution in [0.2, 0.25) is 0 Å². The standard InChI is InChI=1S/C10H17NO2/c1-2-3-4-9(11-7-12)10(13)8-5-6-8/h7,9,13H,2-6H2,1H3,(H,11,12). The van der Waals surface area contributed by atoms with Crippen LogP contribution in [0.5, 0.6) is 0 Å². The van der Waals surface area contributed by atoms with Gasteiger partial charge in [-0.2, -0.15) is 0 Å². The van der Waals surface area contributed by atoms with Gasteiger partial charge in [0.2, 0.25) is 6.41 Å². The van der Waals surface area contributed by atoms with Gasteiger partial charge in [0, 0.05) is 0 Å². The molecule has 1 amide bonds. The molecule has 1 unspecified atom stereocenters. The maximum atomic E-state index is 10.3. The molecule has 1 rings (SSSR count). The summed E-state index contributed by atoms with van der Waals surface area (Å²) in [6.45, 7) is 2.10. The number of hydrogen-bond donors (Lipinski definition) is 2. The molecule has 0 aliphatic heterocycles. The van der Waals surface area contributed by atoms with Crippen molar-refractivity contribution in [2.45, 2.75) is 45.1 Å². The van der Waals surface area contributed by atoms with Crippen LogP contribution in [0.25, 0.3) is 0 Å². The van der Waals surface area contributed by atoms with Crippen LogP contribution >= 0.6 is 0 Å². The molecule has 1 saturated carbocycles. The molecule has 0 spiro atoms. The number of aliphatic hydroxyl groups excluding tert-OH is 1. The second kappa shape index (κ2) is 4.90. The highest BCUT2D eigenvalue weighted by atomic mass is 16.3. The molecule has 74 valence electrons. The number of nitrogens with one attached hydrogen (secondary N) is 1. The molecule has 0 radical (unpaired) electrons. The Labute approximate surface area is 78.8 Å². The first kappa shape index (κ1) is 10.1. The second-order valence-electron chi connectivity index (χ2n) is 3.47. The van der Waals surface area contributed by atoms with Crippen LogP contribution in [0, 0.1) is 0 Å². The first-order valence-electron chi connectivity index (χ1n) is 4.90. The topological polar surface area (TPSA) is 49.3 Å². The Balaban J connectivity index is 2.45. The molecule has 3 nitrogen and oxygen atoms in total. The number of hydrogen-bond acceptors (Lipinski definition) is 2. The Morgan fingerprint density at radius 2 is 2.38 bits per heavy atom. The van der Waals surface area contributed by atoms with Crippen molar-refractivity contribution >= 4 is 6.41 Å². The Kier molecular flexibility index (Phi) is 3.80. The highest BCUT2D eigenvalue weighted by Crippen LogP contribution is 2.32. The summed E-state index contributed by atoms with van der Waals surface area (Å²) in [4.78, 5) is 10.3. The van der Waals surface area contributed by atoms with Crippen LogP contribution in [-0.2, 0) is 4.79 Å². The van der Waals surface area contributed by atoms with E-state index in [2.05, 4.69) is 12.2 Å². The summed E-state index contributed by atoms with van der Waals surface area (Å²) in [5, 5.41) is 12.3. The Morgan fingerprint density at radius 3 is 2.85 bits per heavy atom. The summed E-state index contributed by atoms with van der Waals surface area (Å²) in [6.07, 6.45) is 5.61. The van der Waals surface area contributed by atoms with Gasteiger partial charge < -0.3 is 10.4 Å². The van der Waals surface area contributed by atoms with E-state index in [9.17, 15) is 9.90 Å². The molecular weight excluding hydrogens is 166 g/mol. The highest BCUT2D eigenvalue weighted by Gasteiger charge is 2.23. The molecule has 1 atom stereocenters. The maximum absolute atomic E-state index is 10.3. The van der Waals surface area contributed by atoms with E-state index >= 15 is 0 Å². The van der Waals surface area contributed by atoms with Crippen molar-refractivity contribution in [3.05, 3.63) is 11.3 Å². The van der Waals surface area contributed by atoms with Crippen molar-refractivity contribution in [1.29, 1.82) is 0 Å². The highest BCUT2D eigenvalue weighted by molar-refractivity contribution is 5.48. The van der Waals surface area contributed by atoms with Crippen molar-refractivity contribution < 1.29 is 9.90 Å². The van der Waals surface area contributed by atoms with Gasteiger partial charge in [0.05, 0.1) is 6.04 Å². The fourth-order valence-corrected chi connectivity index (χ4v) is 1.35. The van der Waals surface area contributed by atoms with Gasteiger partial charge in [0.1, 0.15) is 5.76 Å². The lowest BCUT2D eigenvalue weighted by atomic mass is 10.1. The fraction of sp³-hybridized carbons (Fsp3) is 0.700. The number of carbonyl (C=O) groups is 1. The number of rotatable bonds is 6. The van der Waals surface area contributed by atoms with Gasteiger partial charge in [-0.25, -0.2) is 0 Å². The number of carbonyl (C=O) groups excluding carboxylic acids is 1. The Hall–Kier alpha value is -0.990. The van der Waals surface area contributed by atoms with Gasteiger partial charge in [0.25, 0.3) is 0 Å². The normalized spacial score (nSPS) is 16.5. The first-order valence-corrected chi connectivity index (χ1v) is 4.90. The lowest BCUT2D eigenvalue weighted by Gasteiger charge is -2.14. The van der Waals surface area contributed by atoms with Gasteiger partial charge >= 0.3 is 0 Å². The second-order valence-corrected chi connectivity index (χ2v) is 3.47. The molecule has 0 saturated heterocycles. The van der Waals surface area contributed by atoms with Gasteiger partial charge in [-0.1, -0.05) is 19.8 Å². The largest absolute Gasteiger partial charge is 0.510 e. The minimum Gasteiger partial charge on any atom is -0.510 e. The lowest BCUT2D eigenvalue weighted by Crippen LogP contribution is -2.29. The van der Waals surface area contributed by atoms with E-state index in [4.69, 9.17) is 0 Å². The third kappa shape index (κ3) is 3.09. The van der Waals surface area contributed by atoms with Gasteiger partial charge in [-0.3, -0.25) is 4.79 Å². The minimum atomic E-state index is -0.144. The Bertz CT molecular complexity index is 205. The maximum Gasteiger partial charge on any atom is 0.207 e. The van der Waals surface area contributed by atoms with Crippen LogP contribution in [0.1, 0.15) is 39.0 Å². The zero-order valence-corrected chi connectivity index (χ0v) is 8.05. The summed E-state index contributed by atoms with van der Waals surface area (Å²) in [5.74, 6) is 0.403. The zero-order chi connectivity index (χ0) is 9.68. The van der Waals surface area contributed by atoms with E-state index in [1.807, 2.05) is 0 Å². The summed E-state index contributed by atoms with van der Waals surface area (Å²) in [7, 11) is 0. The Morgan fingerprint density at radius 1 is 1.69 bits per heavy atom. The molecule has 0 aromatic rings. The SMILES string of the molecule is CCCCC(NC=O)C(O)=C1CC1. The molecule has 0 bridgehead atoms. The molecule has 0 heterocycles. The number of allylic oxidation sites excluding steroid dienone is 1. The van der Waals surface area contributed by atoms with E-state index in [0.717, 1.165) is 37.7 Å². The molecule has 0 aromatic heterocycles. The molecule has 1 fully saturated rings. The molecule has 3 heteroatoms. The fourth-order valence-electron chi connectivity index (χ4n) is 1.35. The quantitative estimate of drug-likeness (QED) is 0.488. The molecule has 1 aliphatic carbocycles. The summed E-state index contributed by atoms with van der Waals surface area (Å²) in [5.41, 5.74) is 1.11. The van der Waals surface area contributed by atoms with Crippen LogP contribution in [0.15, 0.2) is 11.3 Å². The van der Waals surface area contributed by atoms with Gasteiger partial charge in [0.15, 0.2) is 0 Å². The molecule has 0 aromatic carbocycles. The molecule has 1 aliphatic rings. The summed E-state index contributed by atoms with van der Waals surface area (Å²) < 4.78 is 0. The predicted molar refractivity (Wildman–Crippen MR) is 51.4 cm³/mol. The van der Waals surface area contributed by atoms with Crippen LogP contribution in [-0.4, -0.2) is 17.6 Å². The van der Waals surface area contributed by atoms with Crippen LogP contribution < -0.4 is 5.32 Å². The molecular formula is C10H17NO2. The average Bonchev–Trinajstić information content (AvgIpc) is 2.94. The van der Waals surface area contributed by atoms with Crippen molar-refractivity contribution in [2.24, 2.45) is 0 Å². The van der Waals surface area contributed by atoms with E-state index < -0.39 is 0 Å². The van der Waals surface area contributed by atoms with Crippen LogP contribution in [0.4, 0.5) is 0 Å². The smallest absolute Gasteiger partial charge is 0.207 e. The third-order valence-corrected chi connectivity index (χ3v) is 2.31. The summed E-state index contributed by atoms with van der Waals surface area (Å²) in [6, 6.07) is -0.144. The van der Waals surface area contributed by atoms with Gasteiger partial charge in [-0.15, -0.1) is 0 Å². The van der Waals surface area contributed by atoms with Crippen LogP contribution in [0.3, 0.4) is 0 Å². The van der Waals surface area contributed by atoms with E-state index in [-0.39, 0.29) is 6.04 Å². The number of amides is 1. The first-order chi connectivity index (χ1) is 6.29.